The lowest BCUT2D eigenvalue weighted by Gasteiger charge is -2.41. The van der Waals surface area contributed by atoms with E-state index in [2.05, 4.69) is 0 Å². The molecule has 0 aliphatic carbocycles. The molecule has 184 valence electrons. The standard InChI is InChI=1S/C12H5F17O2/c1-2-5(13,14)9(22,23)11(26,27)12(28,29)10(24,25)7(17,18)3(30)6(15,16)4(31)8(19,20)21/h2H2,1H3. The van der Waals surface area contributed by atoms with Crippen molar-refractivity contribution >= 4 is 11.6 Å². The number of rotatable bonds is 9. The number of hydrogen-bond donors (Lipinski definition) is 0. The summed E-state index contributed by atoms with van der Waals surface area (Å²) in [5, 5.41) is 0. The third-order valence-corrected chi connectivity index (χ3v) is 3.59. The van der Waals surface area contributed by atoms with Crippen molar-refractivity contribution in [3.8, 4) is 0 Å². The molecule has 0 spiro atoms. The van der Waals surface area contributed by atoms with Gasteiger partial charge in [-0.15, -0.1) is 0 Å². The number of hydrogen-bond acceptors (Lipinski definition) is 2. The van der Waals surface area contributed by atoms with Crippen LogP contribution in [0.3, 0.4) is 0 Å². The SMILES string of the molecule is CCC(F)(F)C(F)(F)C(F)(F)C(F)(F)C(F)(F)C(F)(F)C(=O)C(F)(F)C(=O)C(F)(F)F. The fourth-order valence-electron chi connectivity index (χ4n) is 1.66. The number of alkyl halides is 17. The van der Waals surface area contributed by atoms with Gasteiger partial charge in [-0.2, -0.15) is 74.6 Å². The number of carbonyl (C=O) groups is 2. The molecular formula is C12H5F17O2. The van der Waals surface area contributed by atoms with E-state index in [1.807, 2.05) is 0 Å². The second kappa shape index (κ2) is 7.35. The van der Waals surface area contributed by atoms with Gasteiger partial charge < -0.3 is 0 Å². The zero-order valence-corrected chi connectivity index (χ0v) is 13.9. The Hall–Kier alpha value is -1.85. The summed E-state index contributed by atoms with van der Waals surface area (Å²) >= 11 is 0. The van der Waals surface area contributed by atoms with Crippen LogP contribution in [0.25, 0.3) is 0 Å². The van der Waals surface area contributed by atoms with E-state index in [4.69, 9.17) is 0 Å². The van der Waals surface area contributed by atoms with Gasteiger partial charge in [0, 0.05) is 6.42 Å². The van der Waals surface area contributed by atoms with Crippen molar-refractivity contribution in [2.75, 3.05) is 0 Å². The van der Waals surface area contributed by atoms with Crippen molar-refractivity contribution in [1.29, 1.82) is 0 Å². The summed E-state index contributed by atoms with van der Waals surface area (Å²) in [7, 11) is 0. The second-order valence-electron chi connectivity index (χ2n) is 5.66. The summed E-state index contributed by atoms with van der Waals surface area (Å²) in [6.07, 6.45) is -9.42. The molecule has 0 aliphatic rings. The third-order valence-electron chi connectivity index (χ3n) is 3.59. The van der Waals surface area contributed by atoms with Crippen LogP contribution in [0.4, 0.5) is 74.6 Å². The maximum absolute atomic E-state index is 13.3. The molecule has 0 amide bonds. The minimum absolute atomic E-state index is 0.0816. The van der Waals surface area contributed by atoms with Gasteiger partial charge in [0.1, 0.15) is 0 Å². The molecule has 0 aromatic carbocycles. The van der Waals surface area contributed by atoms with Crippen LogP contribution in [0.15, 0.2) is 0 Å². The molecule has 0 saturated heterocycles. The topological polar surface area (TPSA) is 34.1 Å². The molecule has 19 heteroatoms. The minimum Gasteiger partial charge on any atom is -0.285 e. The Bertz CT molecular complexity index is 717. The predicted molar refractivity (Wildman–Crippen MR) is 61.0 cm³/mol. The maximum atomic E-state index is 13.3. The smallest absolute Gasteiger partial charge is 0.285 e. The van der Waals surface area contributed by atoms with E-state index in [1.165, 1.54) is 0 Å². The fourth-order valence-corrected chi connectivity index (χ4v) is 1.66. The highest BCUT2D eigenvalue weighted by molar-refractivity contribution is 6.13. The molecule has 0 N–H and O–H groups in total. The van der Waals surface area contributed by atoms with E-state index < -0.39 is 65.6 Å². The van der Waals surface area contributed by atoms with Crippen LogP contribution in [0, 0.1) is 0 Å². The number of halogens is 17. The van der Waals surface area contributed by atoms with Crippen molar-refractivity contribution in [3.05, 3.63) is 0 Å². The van der Waals surface area contributed by atoms with Gasteiger partial charge in [-0.05, 0) is 0 Å². The third kappa shape index (κ3) is 3.91. The summed E-state index contributed by atoms with van der Waals surface area (Å²) < 4.78 is 220. The highest BCUT2D eigenvalue weighted by atomic mass is 19.4. The first-order valence-corrected chi connectivity index (χ1v) is 6.93. The molecule has 0 saturated carbocycles. The van der Waals surface area contributed by atoms with Crippen molar-refractivity contribution in [2.45, 2.75) is 61.0 Å². The molecule has 0 rings (SSSR count). The van der Waals surface area contributed by atoms with Gasteiger partial charge >= 0.3 is 53.4 Å². The Morgan fingerprint density at radius 2 is 0.839 bits per heavy atom. The molecule has 0 aliphatic heterocycles. The number of ketones is 2. The molecular weight excluding hydrogens is 499 g/mol. The zero-order chi connectivity index (χ0) is 25.9. The molecule has 0 aromatic heterocycles. The molecule has 2 nitrogen and oxygen atoms in total. The molecule has 0 atom stereocenters. The van der Waals surface area contributed by atoms with Crippen LogP contribution < -0.4 is 0 Å². The van der Waals surface area contributed by atoms with Gasteiger partial charge in [0.15, 0.2) is 0 Å². The van der Waals surface area contributed by atoms with Crippen molar-refractivity contribution in [3.63, 3.8) is 0 Å². The maximum Gasteiger partial charge on any atom is 0.456 e. The van der Waals surface area contributed by atoms with Crippen molar-refractivity contribution in [2.24, 2.45) is 0 Å². The zero-order valence-electron chi connectivity index (χ0n) is 13.9. The lowest BCUT2D eigenvalue weighted by atomic mass is 9.87. The fraction of sp³-hybridized carbons (Fsp3) is 0.833. The molecule has 0 bridgehead atoms. The van der Waals surface area contributed by atoms with Gasteiger partial charge in [0.25, 0.3) is 5.78 Å². The van der Waals surface area contributed by atoms with Gasteiger partial charge in [-0.25, -0.2) is 0 Å². The highest BCUT2D eigenvalue weighted by Gasteiger charge is 2.91. The van der Waals surface area contributed by atoms with E-state index in [-0.39, 0.29) is 6.92 Å². The van der Waals surface area contributed by atoms with Crippen LogP contribution in [0.1, 0.15) is 13.3 Å². The normalized spacial score (nSPS) is 15.8. The molecule has 0 radical (unpaired) electrons. The molecule has 0 aromatic rings. The summed E-state index contributed by atoms with van der Waals surface area (Å²) in [6.45, 7) is -0.0816. The molecule has 0 fully saturated rings. The Morgan fingerprint density at radius 3 is 1.13 bits per heavy atom. The monoisotopic (exact) mass is 504 g/mol. The second-order valence-corrected chi connectivity index (χ2v) is 5.66. The van der Waals surface area contributed by atoms with Gasteiger partial charge in [0.2, 0.25) is 0 Å². The van der Waals surface area contributed by atoms with Crippen LogP contribution in [0.2, 0.25) is 0 Å². The largest absolute Gasteiger partial charge is 0.456 e. The molecule has 31 heavy (non-hydrogen) atoms. The van der Waals surface area contributed by atoms with E-state index in [0.717, 1.165) is 0 Å². The molecule has 0 unspecified atom stereocenters. The lowest BCUT2D eigenvalue weighted by molar-refractivity contribution is -0.420. The van der Waals surface area contributed by atoms with E-state index in [9.17, 15) is 84.2 Å². The van der Waals surface area contributed by atoms with Gasteiger partial charge in [0.05, 0.1) is 0 Å². The average Bonchev–Trinajstić information content (AvgIpc) is 2.58. The number of carbonyl (C=O) groups excluding carboxylic acids is 2. The van der Waals surface area contributed by atoms with E-state index in [1.54, 1.807) is 0 Å². The summed E-state index contributed by atoms with van der Waals surface area (Å²) in [4.78, 5) is 20.9. The first kappa shape index (κ1) is 29.1. The minimum atomic E-state index is -8.46. The van der Waals surface area contributed by atoms with Crippen LogP contribution in [0.5, 0.6) is 0 Å². The quantitative estimate of drug-likeness (QED) is 0.305. The van der Waals surface area contributed by atoms with Gasteiger partial charge in [-0.1, -0.05) is 6.92 Å². The highest BCUT2D eigenvalue weighted by Crippen LogP contribution is 2.61. The van der Waals surface area contributed by atoms with Crippen LogP contribution in [-0.4, -0.2) is 59.2 Å². The van der Waals surface area contributed by atoms with E-state index >= 15 is 0 Å². The van der Waals surface area contributed by atoms with Gasteiger partial charge in [-0.3, -0.25) is 9.59 Å². The molecule has 0 heterocycles. The average molecular weight is 504 g/mol. The lowest BCUT2D eigenvalue weighted by Crippen LogP contribution is -2.73. The predicted octanol–water partition coefficient (Wildman–Crippen LogP) is 5.54. The first-order chi connectivity index (χ1) is 13.1. The van der Waals surface area contributed by atoms with Crippen molar-refractivity contribution in [1.82, 2.24) is 0 Å². The number of Topliss-reactive ketones (excluding diaryl/α,β-unsaturated/α-hetero) is 2. The Labute approximate surface area is 158 Å². The van der Waals surface area contributed by atoms with Crippen LogP contribution >= 0.6 is 0 Å². The Kier molecular flexibility index (Phi) is 6.91. The Morgan fingerprint density at radius 1 is 0.516 bits per heavy atom. The summed E-state index contributed by atoms with van der Waals surface area (Å²) in [5.74, 6) is -64.5. The Balaban J connectivity index is 6.69. The van der Waals surface area contributed by atoms with Crippen LogP contribution in [-0.2, 0) is 9.59 Å². The van der Waals surface area contributed by atoms with Crippen molar-refractivity contribution < 1.29 is 84.2 Å². The summed E-state index contributed by atoms with van der Waals surface area (Å²) in [5.41, 5.74) is 0. The summed E-state index contributed by atoms with van der Waals surface area (Å²) in [6, 6.07) is 0. The first-order valence-electron chi connectivity index (χ1n) is 6.93. The van der Waals surface area contributed by atoms with E-state index in [0.29, 0.717) is 0 Å².